The zero-order valence-electron chi connectivity index (χ0n) is 27.7. The number of ether oxygens (including phenoxy) is 1. The molecule has 264 valence electrons. The third-order valence-electron chi connectivity index (χ3n) is 8.68. The number of halogens is 3. The van der Waals surface area contributed by atoms with Gasteiger partial charge < -0.3 is 15.0 Å². The average Bonchev–Trinajstić information content (AvgIpc) is 3.12. The third kappa shape index (κ3) is 9.56. The molecule has 0 spiro atoms. The summed E-state index contributed by atoms with van der Waals surface area (Å²) < 4.78 is 49.0. The van der Waals surface area contributed by atoms with Crippen molar-refractivity contribution in [3.05, 3.63) is 124 Å². The van der Waals surface area contributed by atoms with E-state index in [1.54, 1.807) is 18.2 Å². The number of benzene rings is 4. The van der Waals surface area contributed by atoms with Crippen molar-refractivity contribution in [1.29, 1.82) is 0 Å². The van der Waals surface area contributed by atoms with Crippen molar-refractivity contribution in [2.45, 2.75) is 69.0 Å². The molecule has 8 nitrogen and oxygen atoms in total. The van der Waals surface area contributed by atoms with Crippen LogP contribution < -0.4 is 14.4 Å². The second kappa shape index (κ2) is 17.2. The molecule has 0 aromatic heterocycles. The van der Waals surface area contributed by atoms with Crippen LogP contribution in [0.4, 0.5) is 10.1 Å². The number of nitrogens with zero attached hydrogens (tertiary/aromatic N) is 2. The van der Waals surface area contributed by atoms with E-state index in [9.17, 15) is 22.4 Å². The summed E-state index contributed by atoms with van der Waals surface area (Å²) in [4.78, 5) is 30.2. The molecular weight excluding hydrogens is 700 g/mol. The number of nitrogens with one attached hydrogen (secondary N) is 1. The molecule has 4 aromatic carbocycles. The molecular formula is C38H40Cl2FN3O5S. The van der Waals surface area contributed by atoms with Gasteiger partial charge in [-0.3, -0.25) is 13.9 Å². The van der Waals surface area contributed by atoms with E-state index in [0.29, 0.717) is 22.9 Å². The Labute approximate surface area is 303 Å². The molecule has 50 heavy (non-hydrogen) atoms. The van der Waals surface area contributed by atoms with Crippen molar-refractivity contribution in [2.24, 2.45) is 0 Å². The number of anilines is 1. The molecule has 5 rings (SSSR count). The van der Waals surface area contributed by atoms with Gasteiger partial charge in [-0.2, -0.15) is 0 Å². The lowest BCUT2D eigenvalue weighted by Gasteiger charge is -2.35. The van der Waals surface area contributed by atoms with E-state index in [1.165, 1.54) is 41.3 Å². The Hall–Kier alpha value is -4.12. The standard InChI is InChI=1S/C38H40Cl2FN3O5S/c1-2-49-32-18-20-33(21-19-32)50(47,48)44(31-16-14-29(41)15-17-31)26-37(45)43(25-28-13-22-34(39)35(40)23-28)36(24-27-9-5-3-6-10-27)38(46)42-30-11-7-4-8-12-30/h3,5-6,9-10,13-23,30,36H,2,4,7-8,11-12,24-26H2,1H3,(H,42,46)/t36-/m0/s1. The van der Waals surface area contributed by atoms with Gasteiger partial charge in [0.15, 0.2) is 0 Å². The van der Waals surface area contributed by atoms with E-state index < -0.39 is 34.3 Å². The highest BCUT2D eigenvalue weighted by Crippen LogP contribution is 2.28. The third-order valence-corrected chi connectivity index (χ3v) is 11.2. The zero-order chi connectivity index (χ0) is 35.7. The average molecular weight is 741 g/mol. The number of carbonyl (C=O) groups excluding carboxylic acids is 2. The number of hydrogen-bond donors (Lipinski definition) is 1. The molecule has 1 N–H and O–H groups in total. The van der Waals surface area contributed by atoms with Crippen LogP contribution in [0.3, 0.4) is 0 Å². The van der Waals surface area contributed by atoms with Gasteiger partial charge in [-0.25, -0.2) is 12.8 Å². The molecule has 0 saturated heterocycles. The van der Waals surface area contributed by atoms with Crippen molar-refractivity contribution in [1.82, 2.24) is 10.2 Å². The fraction of sp³-hybridized carbons (Fsp3) is 0.316. The van der Waals surface area contributed by atoms with Gasteiger partial charge in [0.1, 0.15) is 24.2 Å². The molecule has 12 heteroatoms. The van der Waals surface area contributed by atoms with E-state index in [0.717, 1.165) is 54.1 Å². The lowest BCUT2D eigenvalue weighted by molar-refractivity contribution is -0.140. The van der Waals surface area contributed by atoms with Crippen LogP contribution in [0.15, 0.2) is 102 Å². The first kappa shape index (κ1) is 37.1. The summed E-state index contributed by atoms with van der Waals surface area (Å²) in [6.45, 7) is 1.47. The van der Waals surface area contributed by atoms with E-state index in [2.05, 4.69) is 5.32 Å². The number of hydrogen-bond acceptors (Lipinski definition) is 5. The van der Waals surface area contributed by atoms with Crippen LogP contribution in [0.25, 0.3) is 0 Å². The number of sulfonamides is 1. The van der Waals surface area contributed by atoms with Crippen molar-refractivity contribution < 1.29 is 27.1 Å². The lowest BCUT2D eigenvalue weighted by Crippen LogP contribution is -2.55. The summed E-state index contributed by atoms with van der Waals surface area (Å²) >= 11 is 12.6. The first-order valence-electron chi connectivity index (χ1n) is 16.6. The van der Waals surface area contributed by atoms with Crippen molar-refractivity contribution >= 4 is 50.7 Å². The fourth-order valence-electron chi connectivity index (χ4n) is 6.07. The molecule has 1 atom stereocenters. The maximum Gasteiger partial charge on any atom is 0.264 e. The Kier molecular flexibility index (Phi) is 12.8. The highest BCUT2D eigenvalue weighted by Gasteiger charge is 2.35. The first-order valence-corrected chi connectivity index (χ1v) is 18.8. The molecule has 0 heterocycles. The molecule has 1 aliphatic carbocycles. The molecule has 1 saturated carbocycles. The molecule has 0 radical (unpaired) electrons. The van der Waals surface area contributed by atoms with Crippen molar-refractivity contribution in [2.75, 3.05) is 17.5 Å². The summed E-state index contributed by atoms with van der Waals surface area (Å²) in [7, 11) is -4.37. The lowest BCUT2D eigenvalue weighted by atomic mass is 9.94. The van der Waals surface area contributed by atoms with Crippen LogP contribution >= 0.6 is 23.2 Å². The fourth-order valence-corrected chi connectivity index (χ4v) is 7.81. The largest absolute Gasteiger partial charge is 0.494 e. The normalized spacial score (nSPS) is 14.1. The SMILES string of the molecule is CCOc1ccc(S(=O)(=O)N(CC(=O)N(Cc2ccc(Cl)c(Cl)c2)[C@@H](Cc2ccccc2)C(=O)NC2CCCCC2)c2ccc(F)cc2)cc1. The Bertz CT molecular complexity index is 1860. The summed E-state index contributed by atoms with van der Waals surface area (Å²) in [6.07, 6.45) is 4.94. The maximum absolute atomic E-state index is 14.7. The van der Waals surface area contributed by atoms with Gasteiger partial charge in [0.25, 0.3) is 10.0 Å². The van der Waals surface area contributed by atoms with Crippen LogP contribution in [0.5, 0.6) is 5.75 Å². The minimum atomic E-state index is -4.37. The predicted octanol–water partition coefficient (Wildman–Crippen LogP) is 7.82. The minimum absolute atomic E-state index is 0.0350. The van der Waals surface area contributed by atoms with Crippen LogP contribution in [-0.4, -0.2) is 50.4 Å². The molecule has 2 amide bonds. The van der Waals surface area contributed by atoms with Gasteiger partial charge in [0.2, 0.25) is 11.8 Å². The second-order valence-corrected chi connectivity index (χ2v) is 14.9. The van der Waals surface area contributed by atoms with Gasteiger partial charge in [-0.1, -0.05) is 78.9 Å². The highest BCUT2D eigenvalue weighted by atomic mass is 35.5. The van der Waals surface area contributed by atoms with Gasteiger partial charge in [-0.05, 0) is 91.6 Å². The summed E-state index contributed by atoms with van der Waals surface area (Å²) in [6, 6.07) is 23.9. The topological polar surface area (TPSA) is 96.0 Å². The van der Waals surface area contributed by atoms with E-state index >= 15 is 0 Å². The van der Waals surface area contributed by atoms with Gasteiger partial charge >= 0.3 is 0 Å². The smallest absolute Gasteiger partial charge is 0.264 e. The Morgan fingerprint density at radius 3 is 2.20 bits per heavy atom. The van der Waals surface area contributed by atoms with Crippen LogP contribution in [0.1, 0.15) is 50.2 Å². The van der Waals surface area contributed by atoms with Crippen LogP contribution in [-0.2, 0) is 32.6 Å². The second-order valence-electron chi connectivity index (χ2n) is 12.2. The van der Waals surface area contributed by atoms with Gasteiger partial charge in [0, 0.05) is 19.0 Å². The molecule has 1 aliphatic rings. The van der Waals surface area contributed by atoms with Crippen molar-refractivity contribution in [3.8, 4) is 5.75 Å². The van der Waals surface area contributed by atoms with Gasteiger partial charge in [0.05, 0.1) is 27.2 Å². The summed E-state index contributed by atoms with van der Waals surface area (Å²) in [5.74, 6) is -1.06. The van der Waals surface area contributed by atoms with Crippen LogP contribution in [0, 0.1) is 5.82 Å². The van der Waals surface area contributed by atoms with Crippen LogP contribution in [0.2, 0.25) is 10.0 Å². The summed E-state index contributed by atoms with van der Waals surface area (Å²) in [5.41, 5.74) is 1.49. The number of carbonyl (C=O) groups is 2. The van der Waals surface area contributed by atoms with Gasteiger partial charge in [-0.15, -0.1) is 0 Å². The van der Waals surface area contributed by atoms with E-state index in [-0.39, 0.29) is 40.5 Å². The predicted molar refractivity (Wildman–Crippen MR) is 195 cm³/mol. The molecule has 1 fully saturated rings. The molecule has 0 bridgehead atoms. The van der Waals surface area contributed by atoms with E-state index in [4.69, 9.17) is 27.9 Å². The minimum Gasteiger partial charge on any atom is -0.494 e. The zero-order valence-corrected chi connectivity index (χ0v) is 30.1. The number of rotatable bonds is 14. The molecule has 0 unspecified atom stereocenters. The maximum atomic E-state index is 14.7. The Morgan fingerprint density at radius 2 is 1.56 bits per heavy atom. The summed E-state index contributed by atoms with van der Waals surface area (Å²) in [5, 5.41) is 3.78. The molecule has 4 aromatic rings. The quantitative estimate of drug-likeness (QED) is 0.142. The highest BCUT2D eigenvalue weighted by molar-refractivity contribution is 7.92. The Morgan fingerprint density at radius 1 is 0.880 bits per heavy atom. The number of amides is 2. The Balaban J connectivity index is 1.56. The monoisotopic (exact) mass is 739 g/mol. The first-order chi connectivity index (χ1) is 24.0. The van der Waals surface area contributed by atoms with Crippen molar-refractivity contribution in [3.63, 3.8) is 0 Å². The molecule has 0 aliphatic heterocycles. The van der Waals surface area contributed by atoms with E-state index in [1.807, 2.05) is 37.3 Å².